The highest BCUT2D eigenvalue weighted by molar-refractivity contribution is 6.12. The molecule has 14 heteroatoms. The Morgan fingerprint density at radius 2 is 1.93 bits per heavy atom. The number of carbonyl (C=O) groups excluding carboxylic acids is 1. The molecule has 3 aliphatic rings. The van der Waals surface area contributed by atoms with E-state index in [0.717, 1.165) is 10.7 Å². The lowest BCUT2D eigenvalue weighted by Gasteiger charge is -2.36. The van der Waals surface area contributed by atoms with Crippen LogP contribution in [0.2, 0.25) is 0 Å². The van der Waals surface area contributed by atoms with E-state index < -0.39 is 23.7 Å². The molecule has 2 fully saturated rings. The Hall–Kier alpha value is -3.68. The van der Waals surface area contributed by atoms with Crippen molar-refractivity contribution in [2.75, 3.05) is 41.8 Å². The molecule has 1 amide bonds. The molecule has 41 heavy (non-hydrogen) atoms. The predicted octanol–water partition coefficient (Wildman–Crippen LogP) is 3.96. The highest BCUT2D eigenvalue weighted by atomic mass is 19.4. The summed E-state index contributed by atoms with van der Waals surface area (Å²) in [5.41, 5.74) is 0.133. The van der Waals surface area contributed by atoms with Gasteiger partial charge >= 0.3 is 6.18 Å². The van der Waals surface area contributed by atoms with Gasteiger partial charge in [0.05, 0.1) is 35.1 Å². The number of amidine groups is 1. The van der Waals surface area contributed by atoms with Crippen LogP contribution in [0.1, 0.15) is 51.9 Å². The minimum atomic E-state index is -4.45. The van der Waals surface area contributed by atoms with Crippen molar-refractivity contribution in [3.05, 3.63) is 29.7 Å². The van der Waals surface area contributed by atoms with Crippen LogP contribution >= 0.6 is 0 Å². The molecule has 2 aromatic rings. The molecule has 0 unspecified atom stereocenters. The van der Waals surface area contributed by atoms with Crippen LogP contribution < -0.4 is 15.1 Å². The molecule has 11 nitrogen and oxygen atoms in total. The topological polar surface area (TPSA) is 120 Å². The Balaban J connectivity index is 1.41. The smallest absolute Gasteiger partial charge is 0.408 e. The Morgan fingerprint density at radius 3 is 2.54 bits per heavy atom. The van der Waals surface area contributed by atoms with Crippen LogP contribution in [-0.4, -0.2) is 82.9 Å². The van der Waals surface area contributed by atoms with E-state index in [4.69, 9.17) is 14.9 Å². The van der Waals surface area contributed by atoms with E-state index in [9.17, 15) is 18.0 Å². The number of carbonyl (C=O) groups is 1. The zero-order valence-corrected chi connectivity index (χ0v) is 23.7. The van der Waals surface area contributed by atoms with Gasteiger partial charge in [0.1, 0.15) is 23.5 Å². The summed E-state index contributed by atoms with van der Waals surface area (Å²) >= 11 is 0. The summed E-state index contributed by atoms with van der Waals surface area (Å²) in [7, 11) is 1.66. The number of nitrogens with one attached hydrogen (secondary N) is 2. The molecule has 5 heterocycles. The van der Waals surface area contributed by atoms with Crippen molar-refractivity contribution >= 4 is 35.1 Å². The number of hydrogen-bond acceptors (Lipinski definition) is 9. The molecule has 5 rings (SSSR count). The first-order valence-corrected chi connectivity index (χ1v) is 13.7. The lowest BCUT2D eigenvalue weighted by Crippen LogP contribution is -2.45. The third kappa shape index (κ3) is 5.36. The normalized spacial score (nSPS) is 24.0. The van der Waals surface area contributed by atoms with E-state index >= 15 is 0 Å². The van der Waals surface area contributed by atoms with Crippen LogP contribution in [0.25, 0.3) is 0 Å². The first-order valence-electron chi connectivity index (χ1n) is 13.7. The van der Waals surface area contributed by atoms with Crippen LogP contribution in [0, 0.1) is 5.41 Å². The number of ether oxygens (including phenoxy) is 2. The molecule has 3 atom stereocenters. The van der Waals surface area contributed by atoms with Gasteiger partial charge in [-0.3, -0.25) is 15.1 Å². The third-order valence-electron chi connectivity index (χ3n) is 7.71. The van der Waals surface area contributed by atoms with E-state index in [0.29, 0.717) is 42.4 Å². The molecule has 0 aliphatic carbocycles. The first-order chi connectivity index (χ1) is 19.3. The Labute approximate surface area is 236 Å². The second-order valence-electron chi connectivity index (χ2n) is 11.2. The van der Waals surface area contributed by atoms with Crippen LogP contribution in [-0.2, 0) is 26.3 Å². The fraction of sp³-hybridized carbons (Fsp3) is 0.593. The lowest BCUT2D eigenvalue weighted by atomic mass is 9.87. The summed E-state index contributed by atoms with van der Waals surface area (Å²) in [5, 5.41) is 11.2. The number of rotatable bonds is 5. The van der Waals surface area contributed by atoms with Crippen molar-refractivity contribution in [1.82, 2.24) is 19.9 Å². The average molecular weight is 577 g/mol. The SMILES string of the molecule is CNc1nc(COC(=N)N2CCC[C@H]2C(F)(F)F)nc2c1C(C)(C)C(=O)N2c1ccc(N2C[C@@H](C)O[C@@H](C)C2)nc1. The molecule has 2 N–H and O–H groups in total. The van der Waals surface area contributed by atoms with Crippen molar-refractivity contribution in [3.63, 3.8) is 0 Å². The van der Waals surface area contributed by atoms with Gasteiger partial charge in [0, 0.05) is 26.7 Å². The summed E-state index contributed by atoms with van der Waals surface area (Å²) in [4.78, 5) is 31.9. The Bertz CT molecular complexity index is 1310. The van der Waals surface area contributed by atoms with E-state index in [-0.39, 0.29) is 43.5 Å². The molecule has 0 aromatic carbocycles. The molecular weight excluding hydrogens is 541 g/mol. The van der Waals surface area contributed by atoms with Crippen molar-refractivity contribution in [2.45, 2.75) is 77.0 Å². The minimum Gasteiger partial charge on any atom is -0.457 e. The summed E-state index contributed by atoms with van der Waals surface area (Å²) in [6.07, 6.45) is -2.47. The average Bonchev–Trinajstić information content (AvgIpc) is 3.49. The molecule has 0 spiro atoms. The number of alkyl halides is 3. The summed E-state index contributed by atoms with van der Waals surface area (Å²) in [5.74, 6) is 1.40. The highest BCUT2D eigenvalue weighted by Crippen LogP contribution is 2.47. The zero-order chi connectivity index (χ0) is 29.7. The van der Waals surface area contributed by atoms with Gasteiger partial charge in [-0.15, -0.1) is 0 Å². The van der Waals surface area contributed by atoms with Gasteiger partial charge < -0.3 is 24.6 Å². The van der Waals surface area contributed by atoms with Gasteiger partial charge in [-0.2, -0.15) is 13.2 Å². The molecular formula is C27H35F3N8O3. The van der Waals surface area contributed by atoms with Gasteiger partial charge in [-0.05, 0) is 52.7 Å². The van der Waals surface area contributed by atoms with E-state index in [1.54, 1.807) is 27.1 Å². The Morgan fingerprint density at radius 1 is 1.22 bits per heavy atom. The van der Waals surface area contributed by atoms with Crippen LogP contribution in [0.15, 0.2) is 18.3 Å². The van der Waals surface area contributed by atoms with E-state index in [1.165, 1.54) is 4.90 Å². The molecule has 0 bridgehead atoms. The van der Waals surface area contributed by atoms with Crippen LogP contribution in [0.5, 0.6) is 0 Å². The van der Waals surface area contributed by atoms with Gasteiger partial charge in [-0.25, -0.2) is 15.0 Å². The first kappa shape index (κ1) is 28.8. The van der Waals surface area contributed by atoms with Gasteiger partial charge in [0.15, 0.2) is 12.4 Å². The number of likely N-dealkylation sites (tertiary alicyclic amines) is 1. The molecule has 2 saturated heterocycles. The number of pyridine rings is 1. The fourth-order valence-corrected chi connectivity index (χ4v) is 5.83. The highest BCUT2D eigenvalue weighted by Gasteiger charge is 2.49. The van der Waals surface area contributed by atoms with Gasteiger partial charge in [-0.1, -0.05) is 0 Å². The van der Waals surface area contributed by atoms with Crippen molar-refractivity contribution in [1.29, 1.82) is 5.41 Å². The summed E-state index contributed by atoms with van der Waals surface area (Å²) in [6, 6.07) is 1.34. The number of fused-ring (bicyclic) bond motifs is 1. The number of amides is 1. The number of halogens is 3. The number of nitrogens with zero attached hydrogens (tertiary/aromatic N) is 6. The number of anilines is 4. The van der Waals surface area contributed by atoms with Crippen LogP contribution in [0.4, 0.5) is 36.3 Å². The standard InChI is InChI=1S/C27H35F3N8O3/c1-15-12-36(13-16(2)41-15)20-9-8-17(11-33-20)38-23-21(26(3,4)24(38)39)22(32-5)34-19(35-23)14-40-25(31)37-10-6-7-18(37)27(28,29)30/h8-9,11,15-16,18,31H,6-7,10,12-14H2,1-5H3,(H,32,34,35)/t15-,16+,18-/m0/s1. The van der Waals surface area contributed by atoms with Gasteiger partial charge in [0.2, 0.25) is 5.91 Å². The maximum absolute atomic E-state index is 13.7. The van der Waals surface area contributed by atoms with Crippen LogP contribution in [0.3, 0.4) is 0 Å². The molecule has 0 radical (unpaired) electrons. The second kappa shape index (κ2) is 10.6. The third-order valence-corrected chi connectivity index (χ3v) is 7.71. The summed E-state index contributed by atoms with van der Waals surface area (Å²) in [6.45, 7) is 8.74. The number of aromatic nitrogens is 3. The van der Waals surface area contributed by atoms with E-state index in [2.05, 4.69) is 25.2 Å². The Kier molecular flexibility index (Phi) is 7.47. The molecule has 222 valence electrons. The summed E-state index contributed by atoms with van der Waals surface area (Å²) < 4.78 is 51.4. The maximum atomic E-state index is 13.7. The maximum Gasteiger partial charge on any atom is 0.408 e. The fourth-order valence-electron chi connectivity index (χ4n) is 5.83. The van der Waals surface area contributed by atoms with Crippen molar-refractivity contribution in [2.24, 2.45) is 0 Å². The number of hydrogen-bond donors (Lipinski definition) is 2. The monoisotopic (exact) mass is 576 g/mol. The van der Waals surface area contributed by atoms with Crippen molar-refractivity contribution < 1.29 is 27.4 Å². The lowest BCUT2D eigenvalue weighted by molar-refractivity contribution is -0.169. The van der Waals surface area contributed by atoms with Gasteiger partial charge in [0.25, 0.3) is 6.02 Å². The minimum absolute atomic E-state index is 0.0664. The van der Waals surface area contributed by atoms with E-state index in [1.807, 2.05) is 26.0 Å². The zero-order valence-electron chi connectivity index (χ0n) is 23.7. The number of morpholine rings is 1. The second-order valence-corrected chi connectivity index (χ2v) is 11.2. The van der Waals surface area contributed by atoms with Crippen molar-refractivity contribution in [3.8, 4) is 0 Å². The largest absolute Gasteiger partial charge is 0.457 e. The molecule has 2 aromatic heterocycles. The molecule has 3 aliphatic heterocycles. The predicted molar refractivity (Wildman–Crippen MR) is 147 cm³/mol. The molecule has 0 saturated carbocycles. The quantitative estimate of drug-likeness (QED) is 0.403.